The highest BCUT2D eigenvalue weighted by Crippen LogP contribution is 2.22. The zero-order chi connectivity index (χ0) is 19.8. The molecule has 2 N–H and O–H groups in total. The van der Waals surface area contributed by atoms with Gasteiger partial charge >= 0.3 is 6.61 Å². The number of hydrogen-bond acceptors (Lipinski definition) is 4. The summed E-state index contributed by atoms with van der Waals surface area (Å²) < 4.78 is 34.0. The van der Waals surface area contributed by atoms with E-state index in [0.29, 0.717) is 17.3 Å². The summed E-state index contributed by atoms with van der Waals surface area (Å²) in [5.74, 6) is 0.895. The van der Waals surface area contributed by atoms with Crippen LogP contribution in [0, 0.1) is 0 Å². The third-order valence-corrected chi connectivity index (χ3v) is 4.14. The molecule has 0 fully saturated rings. The molecule has 0 heterocycles. The standard InChI is InChI=1S/C19H23F2N3O2S/c1-24(2)17(13-5-4-6-16(11-13)25-3)12-22-19(27)23-14-7-9-15(10-8-14)26-18(20)21/h4-11,17-18H,12H2,1-3H3,(H2,22,23,27)/t17-/m0/s1. The fourth-order valence-electron chi connectivity index (χ4n) is 2.53. The maximum absolute atomic E-state index is 12.2. The number of thiocarbonyl (C=S) groups is 1. The van der Waals surface area contributed by atoms with Crippen LogP contribution in [0.2, 0.25) is 0 Å². The number of methoxy groups -OCH3 is 1. The molecule has 2 rings (SSSR count). The molecule has 0 aliphatic heterocycles. The Morgan fingerprint density at radius 2 is 1.81 bits per heavy atom. The maximum Gasteiger partial charge on any atom is 0.387 e. The molecule has 5 nitrogen and oxygen atoms in total. The minimum Gasteiger partial charge on any atom is -0.497 e. The average Bonchev–Trinajstić information content (AvgIpc) is 2.63. The normalized spacial score (nSPS) is 12.0. The Kier molecular flexibility index (Phi) is 7.75. The van der Waals surface area contributed by atoms with Gasteiger partial charge in [-0.05, 0) is 68.3 Å². The second-order valence-electron chi connectivity index (χ2n) is 5.99. The third kappa shape index (κ3) is 6.65. The highest BCUT2D eigenvalue weighted by molar-refractivity contribution is 7.80. The number of nitrogens with one attached hydrogen (secondary N) is 2. The molecular weight excluding hydrogens is 372 g/mol. The van der Waals surface area contributed by atoms with Crippen molar-refractivity contribution >= 4 is 23.0 Å². The highest BCUT2D eigenvalue weighted by Gasteiger charge is 2.15. The van der Waals surface area contributed by atoms with Crippen LogP contribution in [-0.4, -0.2) is 44.4 Å². The van der Waals surface area contributed by atoms with Crippen molar-refractivity contribution in [2.75, 3.05) is 33.1 Å². The Bertz CT molecular complexity index is 742. The van der Waals surface area contributed by atoms with Crippen molar-refractivity contribution in [3.8, 4) is 11.5 Å². The Hall–Kier alpha value is -2.45. The lowest BCUT2D eigenvalue weighted by atomic mass is 10.1. The molecule has 0 aliphatic carbocycles. The van der Waals surface area contributed by atoms with Gasteiger partial charge in [0.25, 0.3) is 0 Å². The summed E-state index contributed by atoms with van der Waals surface area (Å²) in [5.41, 5.74) is 1.78. The Morgan fingerprint density at radius 1 is 1.11 bits per heavy atom. The molecule has 2 aromatic carbocycles. The summed E-state index contributed by atoms with van der Waals surface area (Å²) in [6, 6.07) is 14.1. The van der Waals surface area contributed by atoms with Crippen LogP contribution in [-0.2, 0) is 0 Å². The van der Waals surface area contributed by atoms with Crippen molar-refractivity contribution in [3.63, 3.8) is 0 Å². The molecule has 0 bridgehead atoms. The third-order valence-electron chi connectivity index (χ3n) is 3.90. The van der Waals surface area contributed by atoms with Gasteiger partial charge in [0.05, 0.1) is 13.2 Å². The molecular formula is C19H23F2N3O2S. The highest BCUT2D eigenvalue weighted by atomic mass is 32.1. The summed E-state index contributed by atoms with van der Waals surface area (Å²) in [4.78, 5) is 2.08. The molecule has 0 aliphatic rings. The van der Waals surface area contributed by atoms with Gasteiger partial charge in [0.2, 0.25) is 0 Å². The van der Waals surface area contributed by atoms with Crippen LogP contribution in [0.5, 0.6) is 11.5 Å². The number of likely N-dealkylation sites (N-methyl/N-ethyl adjacent to an activating group) is 1. The fraction of sp³-hybridized carbons (Fsp3) is 0.316. The summed E-state index contributed by atoms with van der Waals surface area (Å²) in [6.45, 7) is -2.26. The van der Waals surface area contributed by atoms with E-state index in [9.17, 15) is 8.78 Å². The molecule has 0 saturated carbocycles. The van der Waals surface area contributed by atoms with Crippen LogP contribution in [0.1, 0.15) is 11.6 Å². The van der Waals surface area contributed by atoms with Gasteiger partial charge in [-0.25, -0.2) is 0 Å². The van der Waals surface area contributed by atoms with Crippen molar-refractivity contribution in [3.05, 3.63) is 54.1 Å². The molecule has 0 saturated heterocycles. The quantitative estimate of drug-likeness (QED) is 0.662. The van der Waals surface area contributed by atoms with E-state index in [1.807, 2.05) is 38.4 Å². The summed E-state index contributed by atoms with van der Waals surface area (Å²) >= 11 is 5.33. The smallest absolute Gasteiger partial charge is 0.387 e. The monoisotopic (exact) mass is 395 g/mol. The lowest BCUT2D eigenvalue weighted by Gasteiger charge is -2.26. The predicted molar refractivity (Wildman–Crippen MR) is 107 cm³/mol. The number of alkyl halides is 2. The average molecular weight is 395 g/mol. The first-order valence-electron chi connectivity index (χ1n) is 8.29. The lowest BCUT2D eigenvalue weighted by Crippen LogP contribution is -2.36. The van der Waals surface area contributed by atoms with Gasteiger partial charge in [-0.1, -0.05) is 12.1 Å². The molecule has 2 aromatic rings. The van der Waals surface area contributed by atoms with Crippen molar-refractivity contribution in [1.82, 2.24) is 10.2 Å². The predicted octanol–water partition coefficient (Wildman–Crippen LogP) is 3.89. The van der Waals surface area contributed by atoms with Gasteiger partial charge in [0.1, 0.15) is 11.5 Å². The van der Waals surface area contributed by atoms with Crippen LogP contribution < -0.4 is 20.1 Å². The zero-order valence-corrected chi connectivity index (χ0v) is 16.2. The van der Waals surface area contributed by atoms with Crippen molar-refractivity contribution in [2.45, 2.75) is 12.7 Å². The summed E-state index contributed by atoms with van der Waals surface area (Å²) in [6.07, 6.45) is 0. The zero-order valence-electron chi connectivity index (χ0n) is 15.4. The number of nitrogens with zero attached hydrogens (tertiary/aromatic N) is 1. The first-order valence-corrected chi connectivity index (χ1v) is 8.70. The van der Waals surface area contributed by atoms with E-state index in [2.05, 4.69) is 20.3 Å². The van der Waals surface area contributed by atoms with Gasteiger partial charge in [-0.2, -0.15) is 8.78 Å². The summed E-state index contributed by atoms with van der Waals surface area (Å²) in [5, 5.41) is 6.64. The molecule has 0 spiro atoms. The van der Waals surface area contributed by atoms with E-state index in [4.69, 9.17) is 17.0 Å². The van der Waals surface area contributed by atoms with Gasteiger partial charge in [-0.15, -0.1) is 0 Å². The van der Waals surface area contributed by atoms with Crippen LogP contribution >= 0.6 is 12.2 Å². The van der Waals surface area contributed by atoms with Crippen LogP contribution in [0.25, 0.3) is 0 Å². The van der Waals surface area contributed by atoms with E-state index in [0.717, 1.165) is 11.3 Å². The van der Waals surface area contributed by atoms with Gasteiger partial charge in [0.15, 0.2) is 5.11 Å². The van der Waals surface area contributed by atoms with Crippen molar-refractivity contribution in [2.24, 2.45) is 0 Å². The Morgan fingerprint density at radius 3 is 2.41 bits per heavy atom. The van der Waals surface area contributed by atoms with Gasteiger partial charge < -0.3 is 25.0 Å². The molecule has 8 heteroatoms. The van der Waals surface area contributed by atoms with Gasteiger partial charge in [0, 0.05) is 12.2 Å². The SMILES string of the molecule is COc1cccc([C@H](CNC(=S)Nc2ccc(OC(F)F)cc2)N(C)C)c1. The number of hydrogen-bond donors (Lipinski definition) is 2. The minimum atomic E-state index is -2.84. The van der Waals surface area contributed by atoms with E-state index in [1.54, 1.807) is 19.2 Å². The lowest BCUT2D eigenvalue weighted by molar-refractivity contribution is -0.0498. The van der Waals surface area contributed by atoms with E-state index in [1.165, 1.54) is 12.1 Å². The fourth-order valence-corrected chi connectivity index (χ4v) is 2.73. The number of halogens is 2. The van der Waals surface area contributed by atoms with E-state index >= 15 is 0 Å². The largest absolute Gasteiger partial charge is 0.497 e. The molecule has 0 radical (unpaired) electrons. The summed E-state index contributed by atoms with van der Waals surface area (Å²) in [7, 11) is 5.62. The van der Waals surface area contributed by atoms with E-state index < -0.39 is 6.61 Å². The Labute approximate surface area is 163 Å². The first-order chi connectivity index (χ1) is 12.9. The van der Waals surface area contributed by atoms with Crippen LogP contribution in [0.3, 0.4) is 0 Å². The van der Waals surface area contributed by atoms with E-state index in [-0.39, 0.29) is 11.8 Å². The Balaban J connectivity index is 1.93. The number of anilines is 1. The second kappa shape index (κ2) is 10.0. The van der Waals surface area contributed by atoms with Crippen molar-refractivity contribution in [1.29, 1.82) is 0 Å². The molecule has 1 atom stereocenters. The molecule has 27 heavy (non-hydrogen) atoms. The van der Waals surface area contributed by atoms with Gasteiger partial charge in [-0.3, -0.25) is 0 Å². The molecule has 146 valence electrons. The molecule has 0 amide bonds. The minimum absolute atomic E-state index is 0.0849. The van der Waals surface area contributed by atoms with Crippen molar-refractivity contribution < 1.29 is 18.3 Å². The van der Waals surface area contributed by atoms with Crippen LogP contribution in [0.15, 0.2) is 48.5 Å². The second-order valence-corrected chi connectivity index (χ2v) is 6.40. The molecule has 0 unspecified atom stereocenters. The number of ether oxygens (including phenoxy) is 2. The topological polar surface area (TPSA) is 45.8 Å². The first kappa shape index (κ1) is 20.9. The molecule has 0 aromatic heterocycles. The number of rotatable bonds is 8. The number of benzene rings is 2. The van der Waals surface area contributed by atoms with Crippen LogP contribution in [0.4, 0.5) is 14.5 Å². The maximum atomic E-state index is 12.2.